The summed E-state index contributed by atoms with van der Waals surface area (Å²) in [4.78, 5) is 0. The van der Waals surface area contributed by atoms with E-state index in [9.17, 15) is 5.11 Å². The minimum absolute atomic E-state index is 0.332. The van der Waals surface area contributed by atoms with E-state index >= 15 is 0 Å². The summed E-state index contributed by atoms with van der Waals surface area (Å²) in [7, 11) is 0. The molecule has 0 heterocycles. The molecule has 17 heavy (non-hydrogen) atoms. The van der Waals surface area contributed by atoms with Gasteiger partial charge in [0.25, 0.3) is 0 Å². The first-order chi connectivity index (χ1) is 8.24. The van der Waals surface area contributed by atoms with Gasteiger partial charge in [0.15, 0.2) is 0 Å². The van der Waals surface area contributed by atoms with Crippen LogP contribution in [0.3, 0.4) is 0 Å². The molecule has 1 atom stereocenters. The molecule has 0 bridgehead atoms. The van der Waals surface area contributed by atoms with Gasteiger partial charge in [-0.05, 0) is 43.2 Å². The van der Waals surface area contributed by atoms with Crippen LogP contribution in [0.4, 0.5) is 0 Å². The van der Waals surface area contributed by atoms with Gasteiger partial charge in [0.05, 0.1) is 6.10 Å². The van der Waals surface area contributed by atoms with Crippen LogP contribution >= 0.6 is 0 Å². The fourth-order valence-electron chi connectivity index (χ4n) is 1.70. The van der Waals surface area contributed by atoms with Crippen LogP contribution in [0.25, 0.3) is 0 Å². The molecule has 0 unspecified atom stereocenters. The highest BCUT2D eigenvalue weighted by Crippen LogP contribution is 2.22. The van der Waals surface area contributed by atoms with Gasteiger partial charge in [-0.3, -0.25) is 0 Å². The zero-order valence-electron chi connectivity index (χ0n) is 9.84. The lowest BCUT2D eigenvalue weighted by atomic mass is 10.1. The quantitative estimate of drug-likeness (QED) is 0.869. The van der Waals surface area contributed by atoms with Gasteiger partial charge in [-0.1, -0.05) is 30.3 Å². The molecule has 0 aliphatic rings. The van der Waals surface area contributed by atoms with Crippen molar-refractivity contribution < 1.29 is 9.84 Å². The minimum Gasteiger partial charge on any atom is -0.457 e. The van der Waals surface area contributed by atoms with Crippen LogP contribution in [-0.2, 0) is 6.42 Å². The molecule has 1 N–H and O–H groups in total. The van der Waals surface area contributed by atoms with E-state index in [1.807, 2.05) is 54.6 Å². The molecule has 0 saturated carbocycles. The third-order valence-corrected chi connectivity index (χ3v) is 2.41. The molecule has 0 radical (unpaired) electrons. The Labute approximate surface area is 101 Å². The number of aliphatic hydroxyl groups excluding tert-OH is 1. The first-order valence-corrected chi connectivity index (χ1v) is 5.74. The lowest BCUT2D eigenvalue weighted by molar-refractivity contribution is 0.195. The van der Waals surface area contributed by atoms with Crippen LogP contribution in [0.15, 0.2) is 54.6 Å². The molecule has 0 saturated heterocycles. The molecule has 2 heteroatoms. The maximum absolute atomic E-state index is 9.35. The van der Waals surface area contributed by atoms with Crippen molar-refractivity contribution >= 4 is 0 Å². The van der Waals surface area contributed by atoms with Crippen molar-refractivity contribution in [3.05, 3.63) is 60.2 Å². The van der Waals surface area contributed by atoms with Gasteiger partial charge in [0.1, 0.15) is 11.5 Å². The second kappa shape index (κ2) is 5.51. The molecule has 2 aromatic carbocycles. The Morgan fingerprint density at radius 1 is 1.00 bits per heavy atom. The van der Waals surface area contributed by atoms with Gasteiger partial charge < -0.3 is 9.84 Å². The highest BCUT2D eigenvalue weighted by atomic mass is 16.5. The Morgan fingerprint density at radius 3 is 2.41 bits per heavy atom. The van der Waals surface area contributed by atoms with E-state index in [0.717, 1.165) is 17.1 Å². The zero-order chi connectivity index (χ0) is 12.1. The van der Waals surface area contributed by atoms with Crippen molar-refractivity contribution in [3.63, 3.8) is 0 Å². The zero-order valence-corrected chi connectivity index (χ0v) is 9.84. The second-order valence-corrected chi connectivity index (χ2v) is 4.12. The van der Waals surface area contributed by atoms with E-state index in [1.54, 1.807) is 6.92 Å². The first-order valence-electron chi connectivity index (χ1n) is 5.74. The van der Waals surface area contributed by atoms with Gasteiger partial charge in [-0.2, -0.15) is 0 Å². The molecule has 0 fully saturated rings. The van der Waals surface area contributed by atoms with Crippen LogP contribution in [0.2, 0.25) is 0 Å². The van der Waals surface area contributed by atoms with E-state index in [-0.39, 0.29) is 6.10 Å². The Hall–Kier alpha value is -1.80. The number of aliphatic hydroxyl groups is 1. The molecular formula is C15H16O2. The summed E-state index contributed by atoms with van der Waals surface area (Å²) in [5.41, 5.74) is 1.08. The van der Waals surface area contributed by atoms with Crippen LogP contribution in [0.1, 0.15) is 12.5 Å². The lowest BCUT2D eigenvalue weighted by Gasteiger charge is -2.08. The van der Waals surface area contributed by atoms with Crippen LogP contribution < -0.4 is 4.74 Å². The average Bonchev–Trinajstić information content (AvgIpc) is 2.30. The Balaban J connectivity index is 2.11. The predicted molar refractivity (Wildman–Crippen MR) is 68.3 cm³/mol. The number of hydrogen-bond donors (Lipinski definition) is 1. The van der Waals surface area contributed by atoms with Gasteiger partial charge in [-0.25, -0.2) is 0 Å². The standard InChI is InChI=1S/C15H16O2/c1-12(16)10-13-6-5-9-15(11-13)17-14-7-3-2-4-8-14/h2-9,11-12,16H,10H2,1H3/t12-/m0/s1. The van der Waals surface area contributed by atoms with Gasteiger partial charge in [-0.15, -0.1) is 0 Å². The van der Waals surface area contributed by atoms with Gasteiger partial charge in [0, 0.05) is 0 Å². The van der Waals surface area contributed by atoms with Crippen LogP contribution in [0, 0.1) is 0 Å². The topological polar surface area (TPSA) is 29.5 Å². The highest BCUT2D eigenvalue weighted by molar-refractivity contribution is 5.34. The number of hydrogen-bond acceptors (Lipinski definition) is 2. The normalized spacial score (nSPS) is 12.1. The third kappa shape index (κ3) is 3.61. The molecule has 2 nitrogen and oxygen atoms in total. The molecule has 0 amide bonds. The highest BCUT2D eigenvalue weighted by Gasteiger charge is 2.01. The van der Waals surface area contributed by atoms with Crippen molar-refractivity contribution in [2.45, 2.75) is 19.4 Å². The number of rotatable bonds is 4. The Bertz CT molecular complexity index is 463. The summed E-state index contributed by atoms with van der Waals surface area (Å²) >= 11 is 0. The molecule has 0 spiro atoms. The predicted octanol–water partition coefficient (Wildman–Crippen LogP) is 3.40. The van der Waals surface area contributed by atoms with Crippen LogP contribution in [0.5, 0.6) is 11.5 Å². The van der Waals surface area contributed by atoms with Crippen molar-refractivity contribution in [1.29, 1.82) is 0 Å². The van der Waals surface area contributed by atoms with Crippen molar-refractivity contribution in [2.75, 3.05) is 0 Å². The smallest absolute Gasteiger partial charge is 0.127 e. The molecule has 0 aliphatic carbocycles. The molecular weight excluding hydrogens is 212 g/mol. The number of para-hydroxylation sites is 1. The van der Waals surface area contributed by atoms with Crippen molar-refractivity contribution in [2.24, 2.45) is 0 Å². The van der Waals surface area contributed by atoms with Crippen LogP contribution in [-0.4, -0.2) is 11.2 Å². The summed E-state index contributed by atoms with van der Waals surface area (Å²) in [5.74, 6) is 1.62. The summed E-state index contributed by atoms with van der Waals surface area (Å²) in [6.45, 7) is 1.78. The average molecular weight is 228 g/mol. The maximum Gasteiger partial charge on any atom is 0.127 e. The largest absolute Gasteiger partial charge is 0.457 e. The summed E-state index contributed by atoms with van der Waals surface area (Å²) < 4.78 is 5.72. The fraction of sp³-hybridized carbons (Fsp3) is 0.200. The van der Waals surface area contributed by atoms with Crippen molar-refractivity contribution in [3.8, 4) is 11.5 Å². The molecule has 88 valence electrons. The monoisotopic (exact) mass is 228 g/mol. The van der Waals surface area contributed by atoms with Crippen molar-refractivity contribution in [1.82, 2.24) is 0 Å². The minimum atomic E-state index is -0.332. The second-order valence-electron chi connectivity index (χ2n) is 4.12. The molecule has 2 aromatic rings. The Morgan fingerprint density at radius 2 is 1.71 bits per heavy atom. The van der Waals surface area contributed by atoms with Gasteiger partial charge >= 0.3 is 0 Å². The fourth-order valence-corrected chi connectivity index (χ4v) is 1.70. The summed E-state index contributed by atoms with van der Waals surface area (Å²) in [6.07, 6.45) is 0.313. The third-order valence-electron chi connectivity index (χ3n) is 2.41. The van der Waals surface area contributed by atoms with E-state index < -0.39 is 0 Å². The Kier molecular flexibility index (Phi) is 3.78. The number of benzene rings is 2. The van der Waals surface area contributed by atoms with E-state index in [2.05, 4.69) is 0 Å². The van der Waals surface area contributed by atoms with E-state index in [1.165, 1.54) is 0 Å². The molecule has 0 aliphatic heterocycles. The first kappa shape index (κ1) is 11.7. The van der Waals surface area contributed by atoms with E-state index in [4.69, 9.17) is 4.74 Å². The molecule has 0 aromatic heterocycles. The molecule has 2 rings (SSSR count). The summed E-state index contributed by atoms with van der Waals surface area (Å²) in [5, 5.41) is 9.35. The SMILES string of the molecule is C[C@H](O)Cc1cccc(Oc2ccccc2)c1. The number of ether oxygens (including phenoxy) is 1. The lowest BCUT2D eigenvalue weighted by Crippen LogP contribution is -2.03. The maximum atomic E-state index is 9.35. The van der Waals surface area contributed by atoms with Gasteiger partial charge in [0.2, 0.25) is 0 Å². The summed E-state index contributed by atoms with van der Waals surface area (Å²) in [6, 6.07) is 17.5. The van der Waals surface area contributed by atoms with E-state index in [0.29, 0.717) is 6.42 Å².